The highest BCUT2D eigenvalue weighted by Gasteiger charge is 2.07. The van der Waals surface area contributed by atoms with E-state index in [1.807, 2.05) is 0 Å². The second kappa shape index (κ2) is 7.74. The molecule has 1 heterocycles. The number of hydrogen-bond acceptors (Lipinski definition) is 4. The molecular formula is C17H15NO5. The van der Waals surface area contributed by atoms with Crippen LogP contribution in [-0.2, 0) is 9.59 Å². The van der Waals surface area contributed by atoms with Crippen molar-refractivity contribution >= 4 is 29.4 Å². The Morgan fingerprint density at radius 1 is 1.09 bits per heavy atom. The van der Waals surface area contributed by atoms with Crippen molar-refractivity contribution in [3.63, 3.8) is 0 Å². The number of benzene rings is 1. The number of carbonyl (C=O) groups excluding carboxylic acids is 2. The first-order valence-electron chi connectivity index (χ1n) is 6.92. The smallest absolute Gasteiger partial charge is 0.303 e. The average molecular weight is 313 g/mol. The minimum absolute atomic E-state index is 0.0953. The summed E-state index contributed by atoms with van der Waals surface area (Å²) < 4.78 is 5.09. The maximum Gasteiger partial charge on any atom is 0.303 e. The van der Waals surface area contributed by atoms with Crippen molar-refractivity contribution in [1.29, 1.82) is 0 Å². The van der Waals surface area contributed by atoms with Crippen molar-refractivity contribution < 1.29 is 23.9 Å². The van der Waals surface area contributed by atoms with E-state index in [1.54, 1.807) is 42.5 Å². The highest BCUT2D eigenvalue weighted by atomic mass is 16.4. The maximum atomic E-state index is 12.0. The first kappa shape index (κ1) is 16.2. The molecule has 118 valence electrons. The van der Waals surface area contributed by atoms with E-state index in [2.05, 4.69) is 5.32 Å². The quantitative estimate of drug-likeness (QED) is 0.605. The van der Waals surface area contributed by atoms with Gasteiger partial charge in [0.25, 0.3) is 0 Å². The standard InChI is InChI=1S/C17H15NO5/c19-15(8-7-14-2-1-11-23-14)12-3-5-13(6-4-12)18-16(20)9-10-17(21)22/h1-8,11H,9-10H2,(H,18,20)(H,21,22). The van der Waals surface area contributed by atoms with Crippen LogP contribution in [0.1, 0.15) is 29.0 Å². The molecule has 2 rings (SSSR count). The third-order valence-electron chi connectivity index (χ3n) is 2.96. The molecule has 0 atom stereocenters. The molecule has 0 bridgehead atoms. The minimum Gasteiger partial charge on any atom is -0.481 e. The van der Waals surface area contributed by atoms with E-state index < -0.39 is 5.97 Å². The Labute approximate surface area is 132 Å². The number of anilines is 1. The van der Waals surface area contributed by atoms with Crippen molar-refractivity contribution in [3.8, 4) is 0 Å². The molecule has 6 heteroatoms. The van der Waals surface area contributed by atoms with E-state index in [1.165, 1.54) is 12.3 Å². The number of aliphatic carboxylic acids is 1. The summed E-state index contributed by atoms with van der Waals surface area (Å²) in [5, 5.41) is 11.1. The van der Waals surface area contributed by atoms with Crippen LogP contribution in [0.2, 0.25) is 0 Å². The summed E-state index contributed by atoms with van der Waals surface area (Å²) in [6.07, 6.45) is 4.18. The number of hydrogen-bond donors (Lipinski definition) is 2. The average Bonchev–Trinajstić information content (AvgIpc) is 3.05. The molecule has 0 unspecified atom stereocenters. The van der Waals surface area contributed by atoms with Crippen LogP contribution in [0.5, 0.6) is 0 Å². The number of furan rings is 1. The normalized spacial score (nSPS) is 10.6. The molecule has 0 aliphatic heterocycles. The van der Waals surface area contributed by atoms with Gasteiger partial charge in [0.05, 0.1) is 12.7 Å². The molecule has 0 saturated carbocycles. The monoisotopic (exact) mass is 313 g/mol. The van der Waals surface area contributed by atoms with Crippen LogP contribution in [0.25, 0.3) is 6.08 Å². The molecule has 6 nitrogen and oxygen atoms in total. The first-order chi connectivity index (χ1) is 11.0. The van der Waals surface area contributed by atoms with E-state index in [0.717, 1.165) is 0 Å². The Morgan fingerprint density at radius 3 is 2.43 bits per heavy atom. The molecule has 0 saturated heterocycles. The predicted molar refractivity (Wildman–Crippen MR) is 84.0 cm³/mol. The van der Waals surface area contributed by atoms with Gasteiger partial charge in [-0.05, 0) is 48.6 Å². The van der Waals surface area contributed by atoms with Gasteiger partial charge >= 0.3 is 5.97 Å². The molecule has 1 amide bonds. The Hall–Kier alpha value is -3.15. The maximum absolute atomic E-state index is 12.0. The minimum atomic E-state index is -1.02. The lowest BCUT2D eigenvalue weighted by molar-refractivity contribution is -0.138. The summed E-state index contributed by atoms with van der Waals surface area (Å²) in [5.41, 5.74) is 0.975. The number of rotatable bonds is 7. The van der Waals surface area contributed by atoms with Crippen LogP contribution in [0.15, 0.2) is 53.2 Å². The molecule has 2 N–H and O–H groups in total. The zero-order valence-electron chi connectivity index (χ0n) is 12.2. The third-order valence-corrected chi connectivity index (χ3v) is 2.96. The van der Waals surface area contributed by atoms with Gasteiger partial charge in [-0.3, -0.25) is 14.4 Å². The lowest BCUT2D eigenvalue weighted by Crippen LogP contribution is -2.13. The van der Waals surface area contributed by atoms with Crippen molar-refractivity contribution in [2.24, 2.45) is 0 Å². The van der Waals surface area contributed by atoms with Crippen LogP contribution >= 0.6 is 0 Å². The Morgan fingerprint density at radius 2 is 1.83 bits per heavy atom. The largest absolute Gasteiger partial charge is 0.481 e. The van der Waals surface area contributed by atoms with Gasteiger partial charge in [-0.25, -0.2) is 0 Å². The lowest BCUT2D eigenvalue weighted by Gasteiger charge is -2.04. The van der Waals surface area contributed by atoms with Gasteiger partial charge in [-0.2, -0.15) is 0 Å². The van der Waals surface area contributed by atoms with Crippen LogP contribution < -0.4 is 5.32 Å². The predicted octanol–water partition coefficient (Wildman–Crippen LogP) is 2.98. The molecule has 1 aromatic heterocycles. The Balaban J connectivity index is 1.92. The number of allylic oxidation sites excluding steroid dienone is 1. The van der Waals surface area contributed by atoms with Gasteiger partial charge < -0.3 is 14.8 Å². The van der Waals surface area contributed by atoms with Gasteiger partial charge in [0.15, 0.2) is 5.78 Å². The molecule has 0 aliphatic rings. The fraction of sp³-hybridized carbons (Fsp3) is 0.118. The zero-order chi connectivity index (χ0) is 16.7. The van der Waals surface area contributed by atoms with Gasteiger partial charge in [-0.15, -0.1) is 0 Å². The van der Waals surface area contributed by atoms with E-state index in [4.69, 9.17) is 9.52 Å². The van der Waals surface area contributed by atoms with Crippen LogP contribution in [0.3, 0.4) is 0 Å². The van der Waals surface area contributed by atoms with Gasteiger partial charge in [0.2, 0.25) is 5.91 Å². The van der Waals surface area contributed by atoms with Crippen molar-refractivity contribution in [2.45, 2.75) is 12.8 Å². The van der Waals surface area contributed by atoms with Crippen LogP contribution in [-0.4, -0.2) is 22.8 Å². The first-order valence-corrected chi connectivity index (χ1v) is 6.92. The summed E-state index contributed by atoms with van der Waals surface area (Å²) in [6.45, 7) is 0. The number of nitrogens with one attached hydrogen (secondary N) is 1. The topological polar surface area (TPSA) is 96.6 Å². The summed E-state index contributed by atoms with van der Waals surface area (Å²) in [6, 6.07) is 9.81. The van der Waals surface area contributed by atoms with E-state index in [9.17, 15) is 14.4 Å². The van der Waals surface area contributed by atoms with E-state index in [0.29, 0.717) is 17.0 Å². The van der Waals surface area contributed by atoms with Crippen molar-refractivity contribution in [2.75, 3.05) is 5.32 Å². The number of amides is 1. The number of carbonyl (C=O) groups is 3. The Kier molecular flexibility index (Phi) is 5.46. The second-order valence-electron chi connectivity index (χ2n) is 4.73. The molecule has 2 aromatic rings. The molecule has 1 aromatic carbocycles. The number of carboxylic acids is 1. The highest BCUT2D eigenvalue weighted by molar-refractivity contribution is 6.07. The zero-order valence-corrected chi connectivity index (χ0v) is 12.2. The molecule has 0 spiro atoms. The summed E-state index contributed by atoms with van der Waals surface area (Å²) >= 11 is 0. The summed E-state index contributed by atoms with van der Waals surface area (Å²) in [4.78, 5) is 33.9. The van der Waals surface area contributed by atoms with Crippen LogP contribution in [0.4, 0.5) is 5.69 Å². The fourth-order valence-electron chi connectivity index (χ4n) is 1.80. The molecule has 0 radical (unpaired) electrons. The number of carboxylic acid groups (broad SMARTS) is 1. The Bertz CT molecular complexity index is 714. The molecule has 0 fully saturated rings. The molecule has 23 heavy (non-hydrogen) atoms. The highest BCUT2D eigenvalue weighted by Crippen LogP contribution is 2.12. The van der Waals surface area contributed by atoms with Gasteiger partial charge in [0, 0.05) is 17.7 Å². The van der Waals surface area contributed by atoms with Crippen LogP contribution in [0, 0.1) is 0 Å². The SMILES string of the molecule is O=C(O)CCC(=O)Nc1ccc(C(=O)C=Cc2ccco2)cc1. The lowest BCUT2D eigenvalue weighted by atomic mass is 10.1. The second-order valence-corrected chi connectivity index (χ2v) is 4.73. The third kappa shape index (κ3) is 5.28. The van der Waals surface area contributed by atoms with Crippen molar-refractivity contribution in [3.05, 3.63) is 60.1 Å². The van der Waals surface area contributed by atoms with Gasteiger partial charge in [0.1, 0.15) is 5.76 Å². The fourth-order valence-corrected chi connectivity index (χ4v) is 1.80. The number of ketones is 1. The molecular weight excluding hydrogens is 298 g/mol. The molecule has 0 aliphatic carbocycles. The van der Waals surface area contributed by atoms with Gasteiger partial charge in [-0.1, -0.05) is 0 Å². The summed E-state index contributed by atoms with van der Waals surface area (Å²) in [5.74, 6) is -1.01. The van der Waals surface area contributed by atoms with E-state index in [-0.39, 0.29) is 24.5 Å². The summed E-state index contributed by atoms with van der Waals surface area (Å²) in [7, 11) is 0. The van der Waals surface area contributed by atoms with Crippen molar-refractivity contribution in [1.82, 2.24) is 0 Å². The van der Waals surface area contributed by atoms with E-state index >= 15 is 0 Å².